The molecule has 1 aliphatic heterocycles. The maximum Gasteiger partial charge on any atom is 0.410 e. The van der Waals surface area contributed by atoms with Gasteiger partial charge in [-0.25, -0.2) is 4.79 Å². The lowest BCUT2D eigenvalue weighted by atomic mass is 9.82. The van der Waals surface area contributed by atoms with Gasteiger partial charge in [0.05, 0.1) is 12.0 Å². The Kier molecular flexibility index (Phi) is 6.09. The number of likely N-dealkylation sites (tertiary alicyclic amines) is 1. The molecule has 1 aliphatic rings. The molecule has 1 saturated heterocycles. The van der Waals surface area contributed by atoms with Gasteiger partial charge in [-0.1, -0.05) is 22.6 Å². The minimum Gasteiger partial charge on any atom is -0.465 e. The number of amides is 1. The molecule has 0 aromatic heterocycles. The molecule has 116 valence electrons. The minimum atomic E-state index is -0.592. The van der Waals surface area contributed by atoms with Crippen molar-refractivity contribution in [2.24, 2.45) is 5.41 Å². The molecule has 0 saturated carbocycles. The monoisotopic (exact) mass is 397 g/mol. The van der Waals surface area contributed by atoms with E-state index in [1.54, 1.807) is 11.8 Å². The quantitative estimate of drug-likeness (QED) is 0.418. The molecule has 1 unspecified atom stereocenters. The lowest BCUT2D eigenvalue weighted by molar-refractivity contribution is -0.156. The molecular weight excluding hydrogens is 373 g/mol. The summed E-state index contributed by atoms with van der Waals surface area (Å²) < 4.78 is 11.2. The number of esters is 1. The Balaban J connectivity index is 2.78. The zero-order valence-corrected chi connectivity index (χ0v) is 14.9. The molecule has 1 atom stereocenters. The molecule has 0 aromatic rings. The summed E-state index contributed by atoms with van der Waals surface area (Å²) in [6.45, 7) is 8.69. The van der Waals surface area contributed by atoms with Crippen LogP contribution in [0.1, 0.15) is 40.5 Å². The first kappa shape index (κ1) is 17.5. The van der Waals surface area contributed by atoms with Crippen molar-refractivity contribution in [2.45, 2.75) is 46.1 Å². The Hall–Kier alpha value is -0.530. The Labute approximate surface area is 134 Å². The molecular formula is C14H24INO4. The lowest BCUT2D eigenvalue weighted by Gasteiger charge is -2.40. The van der Waals surface area contributed by atoms with Crippen molar-refractivity contribution >= 4 is 34.7 Å². The number of carbonyl (C=O) groups is 2. The zero-order valence-electron chi connectivity index (χ0n) is 12.7. The third kappa shape index (κ3) is 4.49. The van der Waals surface area contributed by atoms with Gasteiger partial charge in [0.25, 0.3) is 0 Å². The molecule has 6 heteroatoms. The molecule has 0 aliphatic carbocycles. The molecule has 1 fully saturated rings. The van der Waals surface area contributed by atoms with Crippen molar-refractivity contribution in [2.75, 3.05) is 24.1 Å². The Morgan fingerprint density at radius 2 is 2.00 bits per heavy atom. The summed E-state index contributed by atoms with van der Waals surface area (Å²) in [6, 6.07) is 0. The molecule has 20 heavy (non-hydrogen) atoms. The van der Waals surface area contributed by atoms with Crippen LogP contribution in [0.2, 0.25) is 0 Å². The van der Waals surface area contributed by atoms with Gasteiger partial charge in [-0.05, 0) is 40.5 Å². The Bertz CT molecular complexity index is 367. The van der Waals surface area contributed by atoms with Crippen LogP contribution in [0.3, 0.4) is 0 Å². The van der Waals surface area contributed by atoms with Crippen LogP contribution in [0.25, 0.3) is 0 Å². The first-order valence-electron chi connectivity index (χ1n) is 6.95. The fourth-order valence-electron chi connectivity index (χ4n) is 2.23. The number of rotatable bonds is 3. The van der Waals surface area contributed by atoms with E-state index >= 15 is 0 Å². The molecule has 0 radical (unpaired) electrons. The van der Waals surface area contributed by atoms with Gasteiger partial charge in [0.1, 0.15) is 5.60 Å². The molecule has 1 heterocycles. The lowest BCUT2D eigenvalue weighted by Crippen LogP contribution is -2.52. The number of ether oxygens (including phenoxy) is 2. The van der Waals surface area contributed by atoms with Gasteiger partial charge in [0, 0.05) is 17.5 Å². The maximum atomic E-state index is 12.2. The van der Waals surface area contributed by atoms with E-state index in [0.717, 1.165) is 12.8 Å². The van der Waals surface area contributed by atoms with Crippen molar-refractivity contribution < 1.29 is 19.1 Å². The van der Waals surface area contributed by atoms with Crippen molar-refractivity contribution in [3.63, 3.8) is 0 Å². The van der Waals surface area contributed by atoms with E-state index in [0.29, 0.717) is 24.1 Å². The topological polar surface area (TPSA) is 55.8 Å². The fraction of sp³-hybridized carbons (Fsp3) is 0.857. The molecule has 0 N–H and O–H groups in total. The van der Waals surface area contributed by atoms with E-state index in [2.05, 4.69) is 22.6 Å². The summed E-state index contributed by atoms with van der Waals surface area (Å²) in [5.41, 5.74) is -1.11. The largest absolute Gasteiger partial charge is 0.465 e. The number of hydrogen-bond acceptors (Lipinski definition) is 4. The van der Waals surface area contributed by atoms with Gasteiger partial charge < -0.3 is 14.4 Å². The second kappa shape index (κ2) is 6.95. The van der Waals surface area contributed by atoms with Gasteiger partial charge in [0.15, 0.2) is 0 Å². The first-order chi connectivity index (χ1) is 9.24. The predicted octanol–water partition coefficient (Wildman–Crippen LogP) is 3.00. The van der Waals surface area contributed by atoms with Gasteiger partial charge >= 0.3 is 12.1 Å². The Morgan fingerprint density at radius 3 is 2.50 bits per heavy atom. The van der Waals surface area contributed by atoms with E-state index < -0.39 is 11.0 Å². The van der Waals surface area contributed by atoms with Crippen molar-refractivity contribution in [3.05, 3.63) is 0 Å². The second-order valence-corrected chi connectivity index (χ2v) is 6.90. The summed E-state index contributed by atoms with van der Waals surface area (Å²) >= 11 is 2.20. The minimum absolute atomic E-state index is 0.206. The fourth-order valence-corrected chi connectivity index (χ4v) is 3.16. The highest BCUT2D eigenvalue weighted by molar-refractivity contribution is 14.1. The highest BCUT2D eigenvalue weighted by atomic mass is 127. The zero-order chi connectivity index (χ0) is 15.4. The molecule has 1 amide bonds. The normalized spacial score (nSPS) is 23.4. The third-order valence-electron chi connectivity index (χ3n) is 3.19. The molecule has 0 aromatic carbocycles. The number of carbonyl (C=O) groups excluding carboxylic acids is 2. The smallest absolute Gasteiger partial charge is 0.410 e. The summed E-state index contributed by atoms with van der Waals surface area (Å²) in [4.78, 5) is 26.0. The Morgan fingerprint density at radius 1 is 1.35 bits per heavy atom. The molecule has 1 rings (SSSR count). The van der Waals surface area contributed by atoms with Crippen LogP contribution in [0.5, 0.6) is 0 Å². The van der Waals surface area contributed by atoms with Crippen LogP contribution >= 0.6 is 22.6 Å². The van der Waals surface area contributed by atoms with Crippen LogP contribution < -0.4 is 0 Å². The van der Waals surface area contributed by atoms with Crippen LogP contribution in [-0.2, 0) is 14.3 Å². The summed E-state index contributed by atoms with van der Waals surface area (Å²) in [5.74, 6) is -0.206. The standard InChI is InChI=1S/C14H24INO4/c1-5-19-11(17)14(9-15)7-6-8-16(10-14)12(18)20-13(2,3)4/h5-10H2,1-4H3. The molecule has 0 spiro atoms. The average molecular weight is 397 g/mol. The van der Waals surface area contributed by atoms with E-state index in [-0.39, 0.29) is 12.1 Å². The van der Waals surface area contributed by atoms with Crippen molar-refractivity contribution in [1.82, 2.24) is 4.90 Å². The van der Waals surface area contributed by atoms with Crippen LogP contribution in [0.15, 0.2) is 0 Å². The van der Waals surface area contributed by atoms with Crippen molar-refractivity contribution in [3.8, 4) is 0 Å². The maximum absolute atomic E-state index is 12.2. The van der Waals surface area contributed by atoms with E-state index in [9.17, 15) is 9.59 Å². The summed E-state index contributed by atoms with van der Waals surface area (Å²) in [7, 11) is 0. The molecule has 5 nitrogen and oxygen atoms in total. The van der Waals surface area contributed by atoms with Gasteiger partial charge in [-0.15, -0.1) is 0 Å². The van der Waals surface area contributed by atoms with E-state index in [1.807, 2.05) is 20.8 Å². The first-order valence-corrected chi connectivity index (χ1v) is 8.48. The second-order valence-electron chi connectivity index (χ2n) is 6.14. The summed E-state index contributed by atoms with van der Waals surface area (Å²) in [6.07, 6.45) is 1.20. The van der Waals surface area contributed by atoms with Gasteiger partial charge in [0.2, 0.25) is 0 Å². The highest BCUT2D eigenvalue weighted by Crippen LogP contribution is 2.34. The molecule has 0 bridgehead atoms. The predicted molar refractivity (Wildman–Crippen MR) is 85.0 cm³/mol. The average Bonchev–Trinajstić information content (AvgIpc) is 2.37. The van der Waals surface area contributed by atoms with Crippen LogP contribution in [0, 0.1) is 5.41 Å². The van der Waals surface area contributed by atoms with Gasteiger partial charge in [-0.3, -0.25) is 4.79 Å². The highest BCUT2D eigenvalue weighted by Gasteiger charge is 2.44. The van der Waals surface area contributed by atoms with Gasteiger partial charge in [-0.2, -0.15) is 0 Å². The summed E-state index contributed by atoms with van der Waals surface area (Å²) in [5, 5.41) is 0. The van der Waals surface area contributed by atoms with Crippen LogP contribution in [0.4, 0.5) is 4.79 Å². The number of alkyl halides is 1. The number of piperidine rings is 1. The third-order valence-corrected chi connectivity index (χ3v) is 4.65. The van der Waals surface area contributed by atoms with E-state index in [4.69, 9.17) is 9.47 Å². The number of hydrogen-bond donors (Lipinski definition) is 0. The number of nitrogens with zero attached hydrogens (tertiary/aromatic N) is 1. The number of halogens is 1. The van der Waals surface area contributed by atoms with E-state index in [1.165, 1.54) is 0 Å². The van der Waals surface area contributed by atoms with Crippen molar-refractivity contribution in [1.29, 1.82) is 0 Å². The van der Waals surface area contributed by atoms with Crippen LogP contribution in [-0.4, -0.2) is 46.7 Å². The SMILES string of the molecule is CCOC(=O)C1(CI)CCCN(C(=O)OC(C)(C)C)C1.